The maximum atomic E-state index is 11.4. The minimum absolute atomic E-state index is 0.130. The van der Waals surface area contributed by atoms with Crippen molar-refractivity contribution in [2.45, 2.75) is 19.8 Å². The van der Waals surface area contributed by atoms with Gasteiger partial charge in [-0.1, -0.05) is 13.0 Å². The third-order valence-corrected chi connectivity index (χ3v) is 2.11. The normalized spacial score (nSPS) is 18.2. The highest BCUT2D eigenvalue weighted by Crippen LogP contribution is 2.10. The molecule has 0 fully saturated rings. The summed E-state index contributed by atoms with van der Waals surface area (Å²) >= 11 is 0. The first kappa shape index (κ1) is 10.3. The van der Waals surface area contributed by atoms with Crippen molar-refractivity contribution in [3.8, 4) is 0 Å². The van der Waals surface area contributed by atoms with E-state index in [1.807, 2.05) is 20.0 Å². The Balaban J connectivity index is 2.38. The van der Waals surface area contributed by atoms with Crippen molar-refractivity contribution in [3.05, 3.63) is 11.6 Å². The highest BCUT2D eigenvalue weighted by molar-refractivity contribution is 5.88. The van der Waals surface area contributed by atoms with Crippen molar-refractivity contribution < 1.29 is 9.53 Å². The zero-order chi connectivity index (χ0) is 9.68. The van der Waals surface area contributed by atoms with E-state index in [1.165, 1.54) is 0 Å². The Kier molecular flexibility index (Phi) is 3.96. The Labute approximate surface area is 79.4 Å². The van der Waals surface area contributed by atoms with Crippen LogP contribution in [0.15, 0.2) is 11.6 Å². The fourth-order valence-corrected chi connectivity index (χ4v) is 1.24. The first-order valence-electron chi connectivity index (χ1n) is 4.78. The molecule has 0 aromatic carbocycles. The van der Waals surface area contributed by atoms with E-state index in [1.54, 1.807) is 0 Å². The van der Waals surface area contributed by atoms with E-state index in [-0.39, 0.29) is 5.97 Å². The van der Waals surface area contributed by atoms with Gasteiger partial charge in [-0.15, -0.1) is 0 Å². The predicted molar refractivity (Wildman–Crippen MR) is 51.4 cm³/mol. The first-order valence-corrected chi connectivity index (χ1v) is 4.78. The Morgan fingerprint density at radius 2 is 2.46 bits per heavy atom. The van der Waals surface area contributed by atoms with Crippen molar-refractivity contribution in [2.75, 3.05) is 26.7 Å². The van der Waals surface area contributed by atoms with Gasteiger partial charge in [-0.25, -0.2) is 4.79 Å². The number of hydrogen-bond acceptors (Lipinski definition) is 3. The van der Waals surface area contributed by atoms with E-state index in [2.05, 4.69) is 4.90 Å². The summed E-state index contributed by atoms with van der Waals surface area (Å²) in [5.74, 6) is -0.130. The van der Waals surface area contributed by atoms with Crippen molar-refractivity contribution in [2.24, 2.45) is 0 Å². The van der Waals surface area contributed by atoms with Gasteiger partial charge in [0.2, 0.25) is 0 Å². The molecule has 1 heterocycles. The smallest absolute Gasteiger partial charge is 0.333 e. The first-order chi connectivity index (χ1) is 6.24. The topological polar surface area (TPSA) is 29.5 Å². The maximum Gasteiger partial charge on any atom is 0.333 e. The molecule has 1 aliphatic rings. The van der Waals surface area contributed by atoms with Crippen molar-refractivity contribution >= 4 is 5.97 Å². The highest BCUT2D eigenvalue weighted by Gasteiger charge is 2.15. The van der Waals surface area contributed by atoms with Crippen LogP contribution in [0.1, 0.15) is 19.8 Å². The van der Waals surface area contributed by atoms with Gasteiger partial charge in [-0.3, -0.25) is 0 Å². The van der Waals surface area contributed by atoms with Crippen LogP contribution in [0.4, 0.5) is 0 Å². The average Bonchev–Trinajstić information content (AvgIpc) is 2.15. The molecule has 0 saturated carbocycles. The Morgan fingerprint density at radius 3 is 3.00 bits per heavy atom. The lowest BCUT2D eigenvalue weighted by Gasteiger charge is -2.20. The van der Waals surface area contributed by atoms with E-state index in [9.17, 15) is 4.79 Å². The Bertz CT molecular complexity index is 211. The molecule has 13 heavy (non-hydrogen) atoms. The van der Waals surface area contributed by atoms with Gasteiger partial charge in [0.15, 0.2) is 0 Å². The van der Waals surface area contributed by atoms with Gasteiger partial charge in [-0.2, -0.15) is 0 Å². The minimum Gasteiger partial charge on any atom is -0.462 e. The number of carbonyl (C=O) groups is 1. The number of esters is 1. The van der Waals surface area contributed by atoms with E-state index in [0.29, 0.717) is 6.61 Å². The fraction of sp³-hybridized carbons (Fsp3) is 0.700. The van der Waals surface area contributed by atoms with Crippen LogP contribution in [0.3, 0.4) is 0 Å². The molecule has 74 valence electrons. The number of rotatable bonds is 3. The van der Waals surface area contributed by atoms with E-state index < -0.39 is 0 Å². The summed E-state index contributed by atoms with van der Waals surface area (Å²) in [4.78, 5) is 13.5. The van der Waals surface area contributed by atoms with E-state index in [4.69, 9.17) is 4.74 Å². The molecule has 0 saturated heterocycles. The van der Waals surface area contributed by atoms with Gasteiger partial charge >= 0.3 is 5.97 Å². The molecule has 0 aliphatic carbocycles. The Morgan fingerprint density at radius 1 is 1.69 bits per heavy atom. The molecule has 0 aromatic rings. The number of hydrogen-bond donors (Lipinski definition) is 0. The second-order valence-corrected chi connectivity index (χ2v) is 3.38. The molecule has 1 rings (SSSR count). The van der Waals surface area contributed by atoms with E-state index >= 15 is 0 Å². The van der Waals surface area contributed by atoms with Crippen LogP contribution >= 0.6 is 0 Å². The quantitative estimate of drug-likeness (QED) is 0.616. The van der Waals surface area contributed by atoms with Crippen molar-refractivity contribution in [3.63, 3.8) is 0 Å². The number of ether oxygens (including phenoxy) is 1. The van der Waals surface area contributed by atoms with Crippen LogP contribution in [0, 0.1) is 0 Å². The van der Waals surface area contributed by atoms with Crippen LogP contribution in [-0.4, -0.2) is 37.6 Å². The van der Waals surface area contributed by atoms with Crippen molar-refractivity contribution in [1.82, 2.24) is 4.90 Å². The number of carbonyl (C=O) groups excluding carboxylic acids is 1. The molecule has 0 bridgehead atoms. The lowest BCUT2D eigenvalue weighted by atomic mass is 10.1. The summed E-state index contributed by atoms with van der Waals surface area (Å²) in [6.07, 6.45) is 3.67. The van der Waals surface area contributed by atoms with Gasteiger partial charge in [0.05, 0.1) is 6.61 Å². The molecular weight excluding hydrogens is 166 g/mol. The van der Waals surface area contributed by atoms with Gasteiger partial charge in [0.1, 0.15) is 0 Å². The Hall–Kier alpha value is -0.830. The second kappa shape index (κ2) is 5.02. The summed E-state index contributed by atoms with van der Waals surface area (Å²) in [6, 6.07) is 0. The number of likely N-dealkylation sites (N-methyl/N-ethyl adjacent to an activating group) is 1. The molecular formula is C10H17NO2. The highest BCUT2D eigenvalue weighted by atomic mass is 16.5. The predicted octanol–water partition coefficient (Wildman–Crippen LogP) is 1.20. The van der Waals surface area contributed by atoms with Crippen LogP contribution in [0.2, 0.25) is 0 Å². The standard InChI is InChI=1S/C10H17NO2/c1-3-8-13-10(12)9-4-6-11(2)7-5-9/h4H,3,5-8H2,1-2H3. The zero-order valence-electron chi connectivity index (χ0n) is 8.38. The molecule has 0 spiro atoms. The maximum absolute atomic E-state index is 11.4. The SMILES string of the molecule is CCCOC(=O)C1=CCN(C)CC1. The fourth-order valence-electron chi connectivity index (χ4n) is 1.24. The summed E-state index contributed by atoms with van der Waals surface area (Å²) < 4.78 is 5.04. The molecule has 3 nitrogen and oxygen atoms in total. The van der Waals surface area contributed by atoms with Gasteiger partial charge < -0.3 is 9.64 Å². The average molecular weight is 183 g/mol. The summed E-state index contributed by atoms with van der Waals surface area (Å²) in [5, 5.41) is 0. The lowest BCUT2D eigenvalue weighted by Crippen LogP contribution is -2.26. The number of nitrogens with zero attached hydrogens (tertiary/aromatic N) is 1. The van der Waals surface area contributed by atoms with Gasteiger partial charge in [0, 0.05) is 18.7 Å². The third-order valence-electron chi connectivity index (χ3n) is 2.11. The second-order valence-electron chi connectivity index (χ2n) is 3.38. The molecule has 0 unspecified atom stereocenters. The largest absolute Gasteiger partial charge is 0.462 e. The summed E-state index contributed by atoms with van der Waals surface area (Å²) in [7, 11) is 2.05. The van der Waals surface area contributed by atoms with Crippen LogP contribution in [-0.2, 0) is 9.53 Å². The zero-order valence-corrected chi connectivity index (χ0v) is 8.38. The lowest BCUT2D eigenvalue weighted by molar-refractivity contribution is -0.139. The van der Waals surface area contributed by atoms with Gasteiger partial charge in [-0.05, 0) is 19.9 Å². The molecule has 0 N–H and O–H groups in total. The summed E-state index contributed by atoms with van der Waals surface area (Å²) in [5.41, 5.74) is 0.839. The molecule has 1 aliphatic heterocycles. The molecule has 0 radical (unpaired) electrons. The van der Waals surface area contributed by atoms with Crippen LogP contribution in [0.25, 0.3) is 0 Å². The van der Waals surface area contributed by atoms with E-state index in [0.717, 1.165) is 31.5 Å². The third kappa shape index (κ3) is 3.19. The monoisotopic (exact) mass is 183 g/mol. The molecule has 0 aromatic heterocycles. The van der Waals surface area contributed by atoms with Gasteiger partial charge in [0.25, 0.3) is 0 Å². The van der Waals surface area contributed by atoms with Crippen LogP contribution in [0.5, 0.6) is 0 Å². The van der Waals surface area contributed by atoms with Crippen LogP contribution < -0.4 is 0 Å². The summed E-state index contributed by atoms with van der Waals surface area (Å²) in [6.45, 7) is 4.34. The minimum atomic E-state index is -0.130. The molecule has 0 atom stereocenters. The molecule has 0 amide bonds. The van der Waals surface area contributed by atoms with Crippen molar-refractivity contribution in [1.29, 1.82) is 0 Å². The molecule has 3 heteroatoms.